The number of primary amides is 1. The van der Waals surface area contributed by atoms with E-state index in [4.69, 9.17) is 26.8 Å². The van der Waals surface area contributed by atoms with Crippen molar-refractivity contribution in [3.63, 3.8) is 0 Å². The third kappa shape index (κ3) is 3.51. The smallest absolute Gasteiger partial charge is 0.291 e. The number of ether oxygens (including phenoxy) is 2. The number of halogens is 1. The van der Waals surface area contributed by atoms with Gasteiger partial charge in [0.05, 0.1) is 26.3 Å². The number of nitrogens with zero attached hydrogens (tertiary/aromatic N) is 1. The first-order valence-electron chi connectivity index (χ1n) is 11.5. The van der Waals surface area contributed by atoms with Crippen molar-refractivity contribution in [2.24, 2.45) is 17.6 Å². The molecule has 0 bridgehead atoms. The lowest BCUT2D eigenvalue weighted by molar-refractivity contribution is -0.732. The van der Waals surface area contributed by atoms with Crippen LogP contribution in [0.2, 0.25) is 5.02 Å². The molecule has 0 aliphatic carbocycles. The first kappa shape index (κ1) is 24.1. The number of likely N-dealkylation sites (tertiary alicyclic amines) is 1. The average molecular weight is 514 g/mol. The minimum absolute atomic E-state index is 0.115. The third-order valence-electron chi connectivity index (χ3n) is 7.43. The molecule has 4 atom stereocenters. The Morgan fingerprint density at radius 2 is 1.86 bits per heavy atom. The van der Waals surface area contributed by atoms with Gasteiger partial charge >= 0.3 is 0 Å². The largest absolute Gasteiger partial charge is 0.493 e. The third-order valence-corrected chi connectivity index (χ3v) is 7.67. The van der Waals surface area contributed by atoms with Gasteiger partial charge in [0.2, 0.25) is 23.3 Å². The summed E-state index contributed by atoms with van der Waals surface area (Å²) in [5, 5.41) is 4.88. The maximum Gasteiger partial charge on any atom is 0.291 e. The SMILES string of the molecule is COc1ccc(CCN2C(=O)[C@H]3[C@H](CC(N)=O)[NH2+][C@]4(C(=O)Nc5ccc(Cl)cc54)[C@H]3C2=O)cc1OC. The summed E-state index contributed by atoms with van der Waals surface area (Å²) < 4.78 is 10.6. The summed E-state index contributed by atoms with van der Waals surface area (Å²) in [4.78, 5) is 53.8. The zero-order valence-electron chi connectivity index (χ0n) is 19.7. The number of amides is 4. The van der Waals surface area contributed by atoms with Crippen LogP contribution in [0.15, 0.2) is 36.4 Å². The van der Waals surface area contributed by atoms with Crippen LogP contribution in [0.1, 0.15) is 17.5 Å². The number of benzene rings is 2. The summed E-state index contributed by atoms with van der Waals surface area (Å²) >= 11 is 6.25. The number of imide groups is 1. The number of fused-ring (bicyclic) bond motifs is 4. The topological polar surface area (TPSA) is 145 Å². The lowest BCUT2D eigenvalue weighted by Gasteiger charge is -2.26. The van der Waals surface area contributed by atoms with Crippen LogP contribution in [0.3, 0.4) is 0 Å². The second kappa shape index (κ2) is 8.79. The molecule has 3 aliphatic heterocycles. The molecular formula is C25H26ClN4O6+. The normalized spacial score (nSPS) is 26.2. The van der Waals surface area contributed by atoms with Gasteiger partial charge in [-0.2, -0.15) is 0 Å². The van der Waals surface area contributed by atoms with Crippen LogP contribution in [0.4, 0.5) is 5.69 Å². The van der Waals surface area contributed by atoms with Gasteiger partial charge in [0.15, 0.2) is 11.5 Å². The molecule has 3 aliphatic rings. The van der Waals surface area contributed by atoms with Gasteiger partial charge in [0.25, 0.3) is 5.91 Å². The quantitative estimate of drug-likeness (QED) is 0.450. The first-order chi connectivity index (χ1) is 17.2. The summed E-state index contributed by atoms with van der Waals surface area (Å²) in [5.74, 6) is -2.63. The van der Waals surface area contributed by atoms with Crippen molar-refractivity contribution < 1.29 is 34.0 Å². The highest BCUT2D eigenvalue weighted by atomic mass is 35.5. The van der Waals surface area contributed by atoms with Crippen LogP contribution < -0.4 is 25.8 Å². The van der Waals surface area contributed by atoms with E-state index in [1.807, 2.05) is 6.07 Å². The van der Waals surface area contributed by atoms with Crippen molar-refractivity contribution >= 4 is 40.9 Å². The fourth-order valence-electron chi connectivity index (χ4n) is 5.91. The second-order valence-corrected chi connectivity index (χ2v) is 9.72. The number of anilines is 1. The van der Waals surface area contributed by atoms with E-state index in [1.54, 1.807) is 35.6 Å². The van der Waals surface area contributed by atoms with Gasteiger partial charge in [-0.15, -0.1) is 0 Å². The van der Waals surface area contributed by atoms with Gasteiger partial charge in [-0.1, -0.05) is 17.7 Å². The van der Waals surface area contributed by atoms with E-state index < -0.39 is 47.0 Å². The van der Waals surface area contributed by atoms with Crippen LogP contribution in [0.25, 0.3) is 0 Å². The Morgan fingerprint density at radius 1 is 1.11 bits per heavy atom. The number of methoxy groups -OCH3 is 2. The van der Waals surface area contributed by atoms with Crippen molar-refractivity contribution in [1.82, 2.24) is 4.90 Å². The number of hydrogen-bond acceptors (Lipinski definition) is 6. The lowest BCUT2D eigenvalue weighted by atomic mass is 9.76. The number of hydrogen-bond donors (Lipinski definition) is 3. The molecule has 0 saturated carbocycles. The van der Waals surface area contributed by atoms with E-state index in [1.165, 1.54) is 19.1 Å². The van der Waals surface area contributed by atoms with E-state index in [-0.39, 0.29) is 13.0 Å². The fraction of sp³-hybridized carbons (Fsp3) is 0.360. The van der Waals surface area contributed by atoms with Crippen molar-refractivity contribution in [3.05, 3.63) is 52.5 Å². The van der Waals surface area contributed by atoms with Crippen molar-refractivity contribution in [1.29, 1.82) is 0 Å². The molecule has 36 heavy (non-hydrogen) atoms. The molecule has 5 N–H and O–H groups in total. The van der Waals surface area contributed by atoms with Gasteiger partial charge in [-0.25, -0.2) is 0 Å². The van der Waals surface area contributed by atoms with Crippen LogP contribution in [0.5, 0.6) is 11.5 Å². The Balaban J connectivity index is 1.49. The molecular weight excluding hydrogens is 488 g/mol. The molecule has 2 aromatic rings. The maximum absolute atomic E-state index is 13.8. The summed E-state index contributed by atoms with van der Waals surface area (Å²) in [6.45, 7) is 0.115. The van der Waals surface area contributed by atoms with Crippen LogP contribution >= 0.6 is 11.6 Å². The van der Waals surface area contributed by atoms with Crippen molar-refractivity contribution in [2.75, 3.05) is 26.1 Å². The molecule has 1 spiro atoms. The van der Waals surface area contributed by atoms with E-state index >= 15 is 0 Å². The molecule has 2 saturated heterocycles. The van der Waals surface area contributed by atoms with Gasteiger partial charge in [0, 0.05) is 17.1 Å². The van der Waals surface area contributed by atoms with Gasteiger partial charge in [-0.3, -0.25) is 24.1 Å². The highest BCUT2D eigenvalue weighted by Crippen LogP contribution is 2.50. The number of carbonyl (C=O) groups excluding carboxylic acids is 4. The highest BCUT2D eigenvalue weighted by molar-refractivity contribution is 6.31. The average Bonchev–Trinajstić information content (AvgIpc) is 3.41. The van der Waals surface area contributed by atoms with Crippen molar-refractivity contribution in [3.8, 4) is 11.5 Å². The van der Waals surface area contributed by atoms with Crippen molar-refractivity contribution in [2.45, 2.75) is 24.4 Å². The van der Waals surface area contributed by atoms with Crippen LogP contribution in [-0.2, 0) is 31.1 Å². The molecule has 2 aromatic carbocycles. The van der Waals surface area contributed by atoms with Gasteiger partial charge < -0.3 is 25.8 Å². The molecule has 5 rings (SSSR count). The fourth-order valence-corrected chi connectivity index (χ4v) is 6.08. The Bertz CT molecular complexity index is 1300. The summed E-state index contributed by atoms with van der Waals surface area (Å²) in [7, 11) is 3.07. The summed E-state index contributed by atoms with van der Waals surface area (Å²) in [6.07, 6.45) is 0.234. The first-order valence-corrected chi connectivity index (χ1v) is 11.9. The molecule has 3 heterocycles. The molecule has 10 nitrogen and oxygen atoms in total. The number of quaternary nitrogens is 1. The number of rotatable bonds is 7. The number of nitrogens with one attached hydrogen (secondary N) is 1. The minimum Gasteiger partial charge on any atom is -0.493 e. The molecule has 0 unspecified atom stereocenters. The molecule has 188 valence electrons. The summed E-state index contributed by atoms with van der Waals surface area (Å²) in [5.41, 5.74) is 5.98. The number of carbonyl (C=O) groups is 4. The minimum atomic E-state index is -1.41. The molecule has 11 heteroatoms. The highest BCUT2D eigenvalue weighted by Gasteiger charge is 2.74. The van der Waals surface area contributed by atoms with Gasteiger partial charge in [0.1, 0.15) is 17.9 Å². The van der Waals surface area contributed by atoms with Crippen LogP contribution in [0, 0.1) is 11.8 Å². The molecule has 4 amide bonds. The summed E-state index contributed by atoms with van der Waals surface area (Å²) in [6, 6.07) is 9.67. The van der Waals surface area contributed by atoms with E-state index in [0.29, 0.717) is 34.2 Å². The maximum atomic E-state index is 13.8. The zero-order valence-corrected chi connectivity index (χ0v) is 20.5. The van der Waals surface area contributed by atoms with Crippen LogP contribution in [-0.4, -0.2) is 55.3 Å². The molecule has 0 aromatic heterocycles. The number of nitrogens with two attached hydrogens (primary N) is 2. The second-order valence-electron chi connectivity index (χ2n) is 9.28. The molecule has 2 fully saturated rings. The lowest BCUT2D eigenvalue weighted by Crippen LogP contribution is -2.99. The predicted octanol–water partition coefficient (Wildman–Crippen LogP) is 0.170. The Morgan fingerprint density at radius 3 is 2.56 bits per heavy atom. The zero-order chi connectivity index (χ0) is 25.8. The Hall–Kier alpha value is -3.63. The Kier molecular flexibility index (Phi) is 5.88. The van der Waals surface area contributed by atoms with Gasteiger partial charge in [-0.05, 0) is 42.3 Å². The standard InChI is InChI=1S/C25H25ClN4O6/c1-35-17-6-3-12(9-18(17)36-2)7-8-30-22(32)20-16(11-19(27)31)29-25(21(20)23(30)33)14-10-13(26)4-5-15(14)28-24(25)34/h3-6,9-10,16,20-21,29H,7-8,11H2,1-2H3,(H2,27,31)(H,28,34)/p+1/t16-,20-,21+,25-/m0/s1. The molecule has 0 radical (unpaired) electrons. The monoisotopic (exact) mass is 513 g/mol. The predicted molar refractivity (Wildman–Crippen MR) is 128 cm³/mol. The Labute approximate surface area is 212 Å². The van der Waals surface area contributed by atoms with E-state index in [9.17, 15) is 19.2 Å². The van der Waals surface area contributed by atoms with E-state index in [0.717, 1.165) is 5.56 Å². The van der Waals surface area contributed by atoms with E-state index in [2.05, 4.69) is 5.32 Å².